The van der Waals surface area contributed by atoms with Gasteiger partial charge in [0, 0.05) is 23.1 Å². The second-order valence-electron chi connectivity index (χ2n) is 11.2. The van der Waals surface area contributed by atoms with Crippen LogP contribution in [0.2, 0.25) is 0 Å². The van der Waals surface area contributed by atoms with E-state index in [0.717, 1.165) is 22.5 Å². The summed E-state index contributed by atoms with van der Waals surface area (Å²) in [6, 6.07) is 58.0. The van der Waals surface area contributed by atoms with Crippen molar-refractivity contribution in [2.75, 3.05) is 4.90 Å². The molecule has 0 atom stereocenters. The van der Waals surface area contributed by atoms with Crippen LogP contribution in [0, 0.1) is 13.8 Å². The molecule has 6 rings (SSSR count). The van der Waals surface area contributed by atoms with Gasteiger partial charge in [0.05, 0.1) is 0 Å². The van der Waals surface area contributed by atoms with Crippen molar-refractivity contribution in [3.63, 3.8) is 0 Å². The van der Waals surface area contributed by atoms with Gasteiger partial charge in [-0.3, -0.25) is 0 Å². The van der Waals surface area contributed by atoms with E-state index in [1.165, 1.54) is 39.0 Å². The van der Waals surface area contributed by atoms with Crippen LogP contribution in [-0.4, -0.2) is 0 Å². The monoisotopic (exact) mass is 579 g/mol. The van der Waals surface area contributed by atoms with Gasteiger partial charge in [-0.25, -0.2) is 0 Å². The molecule has 0 spiro atoms. The smallest absolute Gasteiger partial charge is 0.0456 e. The summed E-state index contributed by atoms with van der Waals surface area (Å²) in [5, 5.41) is 0. The van der Waals surface area contributed by atoms with Crippen LogP contribution < -0.4 is 4.90 Å². The molecule has 0 aliphatic rings. The Morgan fingerprint density at radius 2 is 0.844 bits per heavy atom. The van der Waals surface area contributed by atoms with Crippen molar-refractivity contribution < 1.29 is 0 Å². The molecule has 0 heterocycles. The molecule has 0 aromatic heterocycles. The molecule has 0 aliphatic heterocycles. The van der Waals surface area contributed by atoms with Crippen LogP contribution >= 0.6 is 0 Å². The second kappa shape index (κ2) is 14.2. The molecule has 0 saturated heterocycles. The lowest BCUT2D eigenvalue weighted by atomic mass is 9.96. The summed E-state index contributed by atoms with van der Waals surface area (Å²) in [6.07, 6.45) is 8.80. The molecule has 0 fully saturated rings. The first-order valence-corrected chi connectivity index (χ1v) is 15.4. The SMILES string of the molecule is Cc1ccc(C(=CC=Cc2ccc(N(C=C(c3ccccc3)c3ccccc3)c3ccccc3)cc2)c2ccc(C)cc2)cc1. The maximum atomic E-state index is 2.27. The average Bonchev–Trinajstić information content (AvgIpc) is 3.10. The largest absolute Gasteiger partial charge is 0.317 e. The van der Waals surface area contributed by atoms with E-state index in [4.69, 9.17) is 0 Å². The summed E-state index contributed by atoms with van der Waals surface area (Å²) in [4.78, 5) is 2.27. The number of para-hydroxylation sites is 1. The van der Waals surface area contributed by atoms with Gasteiger partial charge in [0.15, 0.2) is 0 Å². The van der Waals surface area contributed by atoms with Gasteiger partial charge in [0.1, 0.15) is 0 Å². The zero-order valence-electron chi connectivity index (χ0n) is 25.8. The van der Waals surface area contributed by atoms with Crippen LogP contribution in [0.5, 0.6) is 0 Å². The number of hydrogen-bond donors (Lipinski definition) is 0. The summed E-state index contributed by atoms with van der Waals surface area (Å²) >= 11 is 0. The van der Waals surface area contributed by atoms with Crippen molar-refractivity contribution in [2.24, 2.45) is 0 Å². The predicted molar refractivity (Wildman–Crippen MR) is 193 cm³/mol. The van der Waals surface area contributed by atoms with Crippen LogP contribution in [0.4, 0.5) is 11.4 Å². The van der Waals surface area contributed by atoms with E-state index in [2.05, 4.69) is 207 Å². The van der Waals surface area contributed by atoms with Gasteiger partial charge in [0.25, 0.3) is 0 Å². The summed E-state index contributed by atoms with van der Waals surface area (Å²) in [5.41, 5.74) is 13.0. The molecule has 0 aliphatic carbocycles. The van der Waals surface area contributed by atoms with Crippen molar-refractivity contribution in [1.29, 1.82) is 0 Å². The molecule has 0 bridgehead atoms. The van der Waals surface area contributed by atoms with Crippen molar-refractivity contribution in [3.8, 4) is 0 Å². The molecule has 0 radical (unpaired) electrons. The Labute approximate surface area is 267 Å². The Hall–Kier alpha value is -5.66. The van der Waals surface area contributed by atoms with Crippen LogP contribution in [0.25, 0.3) is 17.2 Å². The highest BCUT2D eigenvalue weighted by molar-refractivity contribution is 5.84. The van der Waals surface area contributed by atoms with Gasteiger partial charge in [-0.05, 0) is 71.5 Å². The summed E-state index contributed by atoms with van der Waals surface area (Å²) < 4.78 is 0. The van der Waals surface area contributed by atoms with E-state index in [-0.39, 0.29) is 0 Å². The molecule has 6 aromatic rings. The molecule has 0 unspecified atom stereocenters. The lowest BCUT2D eigenvalue weighted by Crippen LogP contribution is -2.10. The molecule has 0 N–H and O–H groups in total. The maximum absolute atomic E-state index is 2.27. The molecule has 1 nitrogen and oxygen atoms in total. The Balaban J connectivity index is 1.34. The zero-order valence-corrected chi connectivity index (χ0v) is 25.8. The van der Waals surface area contributed by atoms with Gasteiger partial charge in [0.2, 0.25) is 0 Å². The van der Waals surface area contributed by atoms with Crippen molar-refractivity contribution in [1.82, 2.24) is 0 Å². The molecule has 1 heteroatoms. The second-order valence-corrected chi connectivity index (χ2v) is 11.2. The standard InChI is InChI=1S/C44H37N/c1-34-21-27-39(28-22-34)43(40-29-23-35(2)24-30-40)20-12-13-36-25-31-42(32-26-36)45(41-18-10-5-11-19-41)33-44(37-14-6-3-7-15-37)38-16-8-4-9-17-38/h3-33H,1-2H3. The van der Waals surface area contributed by atoms with Crippen molar-refractivity contribution >= 4 is 28.6 Å². The number of allylic oxidation sites excluding steroid dienone is 2. The van der Waals surface area contributed by atoms with Crippen LogP contribution in [0.1, 0.15) is 38.9 Å². The minimum atomic E-state index is 1.10. The number of benzene rings is 6. The molecular weight excluding hydrogens is 542 g/mol. The molecule has 45 heavy (non-hydrogen) atoms. The van der Waals surface area contributed by atoms with Crippen LogP contribution in [0.15, 0.2) is 182 Å². The number of anilines is 2. The normalized spacial score (nSPS) is 10.8. The van der Waals surface area contributed by atoms with Gasteiger partial charge >= 0.3 is 0 Å². The number of nitrogens with zero attached hydrogens (tertiary/aromatic N) is 1. The highest BCUT2D eigenvalue weighted by Crippen LogP contribution is 2.32. The third kappa shape index (κ3) is 7.47. The van der Waals surface area contributed by atoms with Gasteiger partial charge in [-0.15, -0.1) is 0 Å². The van der Waals surface area contributed by atoms with E-state index >= 15 is 0 Å². The van der Waals surface area contributed by atoms with E-state index in [1.54, 1.807) is 0 Å². The van der Waals surface area contributed by atoms with Crippen LogP contribution in [-0.2, 0) is 0 Å². The molecule has 0 saturated carbocycles. The fourth-order valence-electron chi connectivity index (χ4n) is 5.39. The predicted octanol–water partition coefficient (Wildman–Crippen LogP) is 11.7. The highest BCUT2D eigenvalue weighted by atomic mass is 15.1. The zero-order chi connectivity index (χ0) is 30.8. The first-order chi connectivity index (χ1) is 22.1. The van der Waals surface area contributed by atoms with Gasteiger partial charge in [-0.1, -0.05) is 169 Å². The van der Waals surface area contributed by atoms with E-state index in [1.807, 2.05) is 0 Å². The van der Waals surface area contributed by atoms with E-state index < -0.39 is 0 Å². The summed E-state index contributed by atoms with van der Waals surface area (Å²) in [7, 11) is 0. The fourth-order valence-corrected chi connectivity index (χ4v) is 5.39. The van der Waals surface area contributed by atoms with Crippen LogP contribution in [0.3, 0.4) is 0 Å². The molecule has 218 valence electrons. The molecule has 0 amide bonds. The maximum Gasteiger partial charge on any atom is 0.0456 e. The average molecular weight is 580 g/mol. The van der Waals surface area contributed by atoms with E-state index in [0.29, 0.717) is 0 Å². The minimum Gasteiger partial charge on any atom is -0.317 e. The van der Waals surface area contributed by atoms with E-state index in [9.17, 15) is 0 Å². The topological polar surface area (TPSA) is 3.24 Å². The quantitative estimate of drug-likeness (QED) is 0.154. The Bertz CT molecular complexity index is 1810. The Morgan fingerprint density at radius 3 is 1.33 bits per heavy atom. The first-order valence-electron chi connectivity index (χ1n) is 15.4. The van der Waals surface area contributed by atoms with Gasteiger partial charge < -0.3 is 4.90 Å². The van der Waals surface area contributed by atoms with Gasteiger partial charge in [-0.2, -0.15) is 0 Å². The Morgan fingerprint density at radius 1 is 0.422 bits per heavy atom. The first kappa shape index (κ1) is 29.4. The lowest BCUT2D eigenvalue weighted by Gasteiger charge is -2.23. The fraction of sp³-hybridized carbons (Fsp3) is 0.0455. The summed E-state index contributed by atoms with van der Waals surface area (Å²) in [6.45, 7) is 4.25. The Kier molecular flexibility index (Phi) is 9.29. The minimum absolute atomic E-state index is 1.10. The number of aryl methyl sites for hydroxylation is 2. The number of rotatable bonds is 9. The highest BCUT2D eigenvalue weighted by Gasteiger charge is 2.12. The third-order valence-corrected chi connectivity index (χ3v) is 7.91. The number of hydrogen-bond acceptors (Lipinski definition) is 1. The molecule has 6 aromatic carbocycles. The van der Waals surface area contributed by atoms with Crippen molar-refractivity contribution in [2.45, 2.75) is 13.8 Å². The van der Waals surface area contributed by atoms with Crippen molar-refractivity contribution in [3.05, 3.63) is 221 Å². The third-order valence-electron chi connectivity index (χ3n) is 7.91. The molecular formula is C44H37N. The lowest BCUT2D eigenvalue weighted by molar-refractivity contribution is 1.28. The summed E-state index contributed by atoms with van der Waals surface area (Å²) in [5.74, 6) is 0.